The minimum Gasteiger partial charge on any atom is -0.497 e. The van der Waals surface area contributed by atoms with E-state index in [2.05, 4.69) is 10.0 Å². The average molecular weight is 244 g/mol. The van der Waals surface area contributed by atoms with E-state index in [0.29, 0.717) is 17.8 Å². The highest BCUT2D eigenvalue weighted by Crippen LogP contribution is 2.27. The smallest absolute Gasteiger partial charge is 0.229 e. The zero-order valence-electron chi connectivity index (χ0n) is 8.85. The van der Waals surface area contributed by atoms with E-state index in [1.165, 1.54) is 19.2 Å². The first-order valence-electron chi connectivity index (χ1n) is 4.32. The van der Waals surface area contributed by atoms with Gasteiger partial charge in [0.25, 0.3) is 0 Å². The van der Waals surface area contributed by atoms with Gasteiger partial charge in [0.05, 0.1) is 24.7 Å². The third kappa shape index (κ3) is 3.43. The van der Waals surface area contributed by atoms with Crippen LogP contribution >= 0.6 is 0 Å². The molecule has 0 bridgehead atoms. The monoisotopic (exact) mass is 244 g/mol. The second-order valence-corrected chi connectivity index (χ2v) is 4.80. The third-order valence-electron chi connectivity index (χ3n) is 1.74. The summed E-state index contributed by atoms with van der Waals surface area (Å²) in [6, 6.07) is 4.61. The van der Waals surface area contributed by atoms with Crippen LogP contribution in [-0.4, -0.2) is 28.2 Å². The lowest BCUT2D eigenvalue weighted by atomic mass is 10.2. The Bertz CT molecular complexity index is 484. The molecule has 2 N–H and O–H groups in total. The van der Waals surface area contributed by atoms with Gasteiger partial charge in [0, 0.05) is 6.07 Å². The van der Waals surface area contributed by atoms with E-state index in [1.807, 2.05) is 0 Å². The van der Waals surface area contributed by atoms with Crippen molar-refractivity contribution >= 4 is 27.8 Å². The molecule has 0 aromatic heterocycles. The predicted octanol–water partition coefficient (Wildman–Crippen LogP) is 0.635. The fourth-order valence-corrected chi connectivity index (χ4v) is 1.70. The van der Waals surface area contributed by atoms with Crippen LogP contribution in [0.3, 0.4) is 0 Å². The number of amides is 1. The van der Waals surface area contributed by atoms with E-state index in [4.69, 9.17) is 4.74 Å². The summed E-state index contributed by atoms with van der Waals surface area (Å²) in [5.74, 6) is 0.517. The maximum Gasteiger partial charge on any atom is 0.229 e. The van der Waals surface area contributed by atoms with Crippen LogP contribution in [-0.2, 0) is 14.8 Å². The lowest BCUT2D eigenvalue weighted by molar-refractivity contribution is -0.105. The Hall–Kier alpha value is -1.76. The van der Waals surface area contributed by atoms with Crippen molar-refractivity contribution < 1.29 is 17.9 Å². The Morgan fingerprint density at radius 2 is 2.00 bits per heavy atom. The number of nitrogens with one attached hydrogen (secondary N) is 2. The van der Waals surface area contributed by atoms with Crippen molar-refractivity contribution in [1.29, 1.82) is 0 Å². The Morgan fingerprint density at radius 1 is 1.31 bits per heavy atom. The number of sulfonamides is 1. The number of carbonyl (C=O) groups excluding carboxylic acids is 1. The van der Waals surface area contributed by atoms with Crippen molar-refractivity contribution in [2.45, 2.75) is 0 Å². The SMILES string of the molecule is COc1ccc(NS(C)(=O)=O)c(NC=O)c1. The third-order valence-corrected chi connectivity index (χ3v) is 2.33. The lowest BCUT2D eigenvalue weighted by Gasteiger charge is -2.10. The minimum atomic E-state index is -3.38. The molecular weight excluding hydrogens is 232 g/mol. The Kier molecular flexibility index (Phi) is 3.73. The van der Waals surface area contributed by atoms with Crippen LogP contribution in [0.4, 0.5) is 11.4 Å². The van der Waals surface area contributed by atoms with Crippen molar-refractivity contribution in [2.75, 3.05) is 23.4 Å². The summed E-state index contributed by atoms with van der Waals surface area (Å²) in [5.41, 5.74) is 0.621. The van der Waals surface area contributed by atoms with Gasteiger partial charge in [0.15, 0.2) is 0 Å². The van der Waals surface area contributed by atoms with E-state index >= 15 is 0 Å². The maximum absolute atomic E-state index is 11.1. The number of hydrogen-bond acceptors (Lipinski definition) is 4. The molecule has 16 heavy (non-hydrogen) atoms. The van der Waals surface area contributed by atoms with Crippen molar-refractivity contribution in [2.24, 2.45) is 0 Å². The van der Waals surface area contributed by atoms with E-state index in [-0.39, 0.29) is 5.69 Å². The minimum absolute atomic E-state index is 0.287. The highest BCUT2D eigenvalue weighted by atomic mass is 32.2. The van der Waals surface area contributed by atoms with Gasteiger partial charge in [-0.2, -0.15) is 0 Å². The zero-order chi connectivity index (χ0) is 12.2. The van der Waals surface area contributed by atoms with Gasteiger partial charge in [-0.15, -0.1) is 0 Å². The van der Waals surface area contributed by atoms with Crippen LogP contribution in [0.25, 0.3) is 0 Å². The molecule has 0 aliphatic rings. The second-order valence-electron chi connectivity index (χ2n) is 3.05. The van der Waals surface area contributed by atoms with E-state index < -0.39 is 10.0 Å². The highest BCUT2D eigenvalue weighted by Gasteiger charge is 2.08. The van der Waals surface area contributed by atoms with Crippen LogP contribution in [0, 0.1) is 0 Å². The van der Waals surface area contributed by atoms with Crippen LogP contribution in [0.2, 0.25) is 0 Å². The van der Waals surface area contributed by atoms with Crippen LogP contribution in [0.5, 0.6) is 5.75 Å². The summed E-state index contributed by atoms with van der Waals surface area (Å²) in [4.78, 5) is 10.4. The molecule has 0 spiro atoms. The number of hydrogen-bond donors (Lipinski definition) is 2. The number of methoxy groups -OCH3 is 1. The molecule has 1 rings (SSSR count). The van der Waals surface area contributed by atoms with Crippen molar-refractivity contribution in [1.82, 2.24) is 0 Å². The quantitative estimate of drug-likeness (QED) is 0.744. The van der Waals surface area contributed by atoms with E-state index in [1.54, 1.807) is 6.07 Å². The molecule has 6 nitrogen and oxygen atoms in total. The number of benzene rings is 1. The van der Waals surface area contributed by atoms with E-state index in [9.17, 15) is 13.2 Å². The summed E-state index contributed by atoms with van der Waals surface area (Å²) >= 11 is 0. The fraction of sp³-hybridized carbons (Fsp3) is 0.222. The van der Waals surface area contributed by atoms with Gasteiger partial charge in [-0.25, -0.2) is 8.42 Å². The summed E-state index contributed by atoms with van der Waals surface area (Å²) in [7, 11) is -1.91. The largest absolute Gasteiger partial charge is 0.497 e. The molecular formula is C9H12N2O4S. The molecule has 0 aliphatic carbocycles. The van der Waals surface area contributed by atoms with Gasteiger partial charge < -0.3 is 10.1 Å². The molecule has 0 fully saturated rings. The molecule has 0 atom stereocenters. The Labute approximate surface area is 93.7 Å². The number of carbonyl (C=O) groups is 1. The molecule has 1 aromatic rings. The summed E-state index contributed by atoms with van der Waals surface area (Å²) in [6.45, 7) is 0. The molecule has 1 amide bonds. The molecule has 7 heteroatoms. The molecule has 0 saturated heterocycles. The van der Waals surface area contributed by atoms with Gasteiger partial charge in [0.1, 0.15) is 5.75 Å². The van der Waals surface area contributed by atoms with Crippen LogP contribution < -0.4 is 14.8 Å². The molecule has 88 valence electrons. The van der Waals surface area contributed by atoms with Gasteiger partial charge in [-0.05, 0) is 12.1 Å². The molecule has 0 aliphatic heterocycles. The number of anilines is 2. The summed E-state index contributed by atoms with van der Waals surface area (Å²) < 4.78 is 29.3. The summed E-state index contributed by atoms with van der Waals surface area (Å²) in [5, 5.41) is 2.39. The topological polar surface area (TPSA) is 84.5 Å². The Morgan fingerprint density at radius 3 is 2.50 bits per heavy atom. The standard InChI is InChI=1S/C9H12N2O4S/c1-15-7-3-4-8(11-16(2,13)14)9(5-7)10-6-12/h3-6,11H,1-2H3,(H,10,12). The van der Waals surface area contributed by atoms with Crippen molar-refractivity contribution in [3.63, 3.8) is 0 Å². The first kappa shape index (κ1) is 12.3. The molecule has 1 aromatic carbocycles. The van der Waals surface area contributed by atoms with Gasteiger partial charge in [-0.3, -0.25) is 9.52 Å². The molecule has 0 unspecified atom stereocenters. The van der Waals surface area contributed by atoms with Crippen molar-refractivity contribution in [3.8, 4) is 5.75 Å². The fourth-order valence-electron chi connectivity index (χ4n) is 1.12. The van der Waals surface area contributed by atoms with Gasteiger partial charge >= 0.3 is 0 Å². The maximum atomic E-state index is 11.1. The summed E-state index contributed by atoms with van der Waals surface area (Å²) in [6.07, 6.45) is 1.49. The van der Waals surface area contributed by atoms with Crippen LogP contribution in [0.1, 0.15) is 0 Å². The first-order valence-corrected chi connectivity index (χ1v) is 6.21. The van der Waals surface area contributed by atoms with Crippen LogP contribution in [0.15, 0.2) is 18.2 Å². The zero-order valence-corrected chi connectivity index (χ0v) is 9.67. The van der Waals surface area contributed by atoms with E-state index in [0.717, 1.165) is 6.26 Å². The Balaban J connectivity index is 3.12. The molecule has 0 saturated carbocycles. The molecule has 0 radical (unpaired) electrons. The number of ether oxygens (including phenoxy) is 1. The normalized spacial score (nSPS) is 10.6. The predicted molar refractivity (Wildman–Crippen MR) is 61.1 cm³/mol. The molecule has 0 heterocycles. The van der Waals surface area contributed by atoms with Gasteiger partial charge in [-0.1, -0.05) is 0 Å². The highest BCUT2D eigenvalue weighted by molar-refractivity contribution is 7.92. The second kappa shape index (κ2) is 4.84. The van der Waals surface area contributed by atoms with Crippen molar-refractivity contribution in [3.05, 3.63) is 18.2 Å². The number of rotatable bonds is 5. The first-order chi connectivity index (χ1) is 7.46. The van der Waals surface area contributed by atoms with Gasteiger partial charge in [0.2, 0.25) is 16.4 Å². The lowest BCUT2D eigenvalue weighted by Crippen LogP contribution is -2.11. The average Bonchev–Trinajstić information content (AvgIpc) is 2.19.